The van der Waals surface area contributed by atoms with Crippen molar-refractivity contribution < 1.29 is 19.8 Å². The maximum absolute atomic E-state index is 11.2. The van der Waals surface area contributed by atoms with Crippen molar-refractivity contribution in [3.8, 4) is 11.1 Å². The Morgan fingerprint density at radius 1 is 0.750 bits per heavy atom. The van der Waals surface area contributed by atoms with Crippen LogP contribution in [0.15, 0.2) is 36.4 Å². The highest BCUT2D eigenvalue weighted by Crippen LogP contribution is 2.32. The predicted molar refractivity (Wildman–Crippen MR) is 75.8 cm³/mol. The molecule has 2 N–H and O–H groups in total. The highest BCUT2D eigenvalue weighted by Gasteiger charge is 2.18. The van der Waals surface area contributed by atoms with Crippen molar-refractivity contribution in [2.45, 2.75) is 0 Å². The summed E-state index contributed by atoms with van der Waals surface area (Å²) < 4.78 is 0. The SMILES string of the molecule is O=C(O)c1ccc(Cl)cc1-c1cc(Cl)ccc1C(=O)O. The topological polar surface area (TPSA) is 74.6 Å². The number of halogens is 2. The zero-order valence-corrected chi connectivity index (χ0v) is 11.4. The first-order valence-electron chi connectivity index (χ1n) is 5.46. The van der Waals surface area contributed by atoms with Crippen molar-refractivity contribution in [3.05, 3.63) is 57.6 Å². The Kier molecular flexibility index (Phi) is 3.97. The number of benzene rings is 2. The molecule has 6 heteroatoms. The van der Waals surface area contributed by atoms with E-state index >= 15 is 0 Å². The third kappa shape index (κ3) is 2.76. The number of carbonyl (C=O) groups is 2. The summed E-state index contributed by atoms with van der Waals surface area (Å²) in [5.74, 6) is -2.35. The van der Waals surface area contributed by atoms with E-state index in [-0.39, 0.29) is 22.3 Å². The quantitative estimate of drug-likeness (QED) is 0.896. The van der Waals surface area contributed by atoms with Crippen LogP contribution in [0.5, 0.6) is 0 Å². The Morgan fingerprint density at radius 2 is 1.10 bits per heavy atom. The number of hydrogen-bond acceptors (Lipinski definition) is 2. The summed E-state index contributed by atoms with van der Waals surface area (Å²) >= 11 is 11.7. The monoisotopic (exact) mass is 310 g/mol. The summed E-state index contributed by atoms with van der Waals surface area (Å²) in [4.78, 5) is 22.5. The average molecular weight is 311 g/mol. The molecule has 0 amide bonds. The second-order valence-electron chi connectivity index (χ2n) is 3.99. The molecule has 0 saturated carbocycles. The summed E-state index contributed by atoms with van der Waals surface area (Å²) in [6.07, 6.45) is 0. The first kappa shape index (κ1) is 14.4. The molecule has 0 fully saturated rings. The summed E-state index contributed by atoms with van der Waals surface area (Å²) in [6.45, 7) is 0. The zero-order valence-electron chi connectivity index (χ0n) is 9.93. The van der Waals surface area contributed by atoms with Crippen LogP contribution < -0.4 is 0 Å². The van der Waals surface area contributed by atoms with Crippen molar-refractivity contribution in [3.63, 3.8) is 0 Å². The molecule has 0 radical (unpaired) electrons. The minimum atomic E-state index is -1.17. The largest absolute Gasteiger partial charge is 0.478 e. The fourth-order valence-corrected chi connectivity index (χ4v) is 2.20. The molecule has 0 saturated heterocycles. The van der Waals surface area contributed by atoms with E-state index in [4.69, 9.17) is 23.2 Å². The normalized spacial score (nSPS) is 10.3. The van der Waals surface area contributed by atoms with E-state index in [0.717, 1.165) is 0 Å². The van der Waals surface area contributed by atoms with Crippen LogP contribution in [0.1, 0.15) is 20.7 Å². The Bertz CT molecular complexity index is 649. The van der Waals surface area contributed by atoms with Gasteiger partial charge in [0.1, 0.15) is 0 Å². The van der Waals surface area contributed by atoms with Gasteiger partial charge in [0.25, 0.3) is 0 Å². The first-order chi connectivity index (χ1) is 9.40. The second-order valence-corrected chi connectivity index (χ2v) is 4.86. The lowest BCUT2D eigenvalue weighted by molar-refractivity contribution is 0.0684. The van der Waals surface area contributed by atoms with Gasteiger partial charge in [0, 0.05) is 10.0 Å². The van der Waals surface area contributed by atoms with Gasteiger partial charge in [-0.1, -0.05) is 23.2 Å². The maximum Gasteiger partial charge on any atom is 0.336 e. The number of carboxylic acids is 2. The van der Waals surface area contributed by atoms with E-state index in [0.29, 0.717) is 10.0 Å². The Labute approximate surface area is 124 Å². The van der Waals surface area contributed by atoms with Gasteiger partial charge in [-0.25, -0.2) is 9.59 Å². The highest BCUT2D eigenvalue weighted by atomic mass is 35.5. The van der Waals surface area contributed by atoms with E-state index in [1.54, 1.807) is 0 Å². The smallest absolute Gasteiger partial charge is 0.336 e. The number of carboxylic acid groups (broad SMARTS) is 2. The Hall–Kier alpha value is -2.04. The third-order valence-corrected chi connectivity index (χ3v) is 3.18. The molecule has 0 atom stereocenters. The van der Waals surface area contributed by atoms with Crippen LogP contribution >= 0.6 is 23.2 Å². The Balaban J connectivity index is 2.79. The molecule has 0 spiro atoms. The zero-order chi connectivity index (χ0) is 14.9. The maximum atomic E-state index is 11.2. The van der Waals surface area contributed by atoms with Gasteiger partial charge in [-0.3, -0.25) is 0 Å². The van der Waals surface area contributed by atoms with Crippen molar-refractivity contribution in [1.82, 2.24) is 0 Å². The fraction of sp³-hybridized carbons (Fsp3) is 0. The average Bonchev–Trinajstić information content (AvgIpc) is 2.37. The van der Waals surface area contributed by atoms with Gasteiger partial charge in [0.2, 0.25) is 0 Å². The van der Waals surface area contributed by atoms with E-state index in [9.17, 15) is 19.8 Å². The van der Waals surface area contributed by atoms with E-state index in [2.05, 4.69) is 0 Å². The highest BCUT2D eigenvalue weighted by molar-refractivity contribution is 6.32. The summed E-state index contributed by atoms with van der Waals surface area (Å²) in [7, 11) is 0. The van der Waals surface area contributed by atoms with Gasteiger partial charge < -0.3 is 10.2 Å². The summed E-state index contributed by atoms with van der Waals surface area (Å²) in [5.41, 5.74) is 0.341. The number of rotatable bonds is 3. The van der Waals surface area contributed by atoms with Crippen molar-refractivity contribution in [1.29, 1.82) is 0 Å². The minimum absolute atomic E-state index is 0.0424. The van der Waals surface area contributed by atoms with E-state index in [1.807, 2.05) is 0 Å². The molecular formula is C14H8Cl2O4. The van der Waals surface area contributed by atoms with Crippen LogP contribution in [0.25, 0.3) is 11.1 Å². The molecule has 20 heavy (non-hydrogen) atoms. The third-order valence-electron chi connectivity index (χ3n) is 2.71. The molecule has 0 aliphatic rings. The van der Waals surface area contributed by atoms with Gasteiger partial charge in [0.05, 0.1) is 11.1 Å². The molecule has 0 aromatic heterocycles. The molecule has 2 rings (SSSR count). The van der Waals surface area contributed by atoms with Gasteiger partial charge in [0.15, 0.2) is 0 Å². The van der Waals surface area contributed by atoms with E-state index in [1.165, 1.54) is 36.4 Å². The van der Waals surface area contributed by atoms with Crippen molar-refractivity contribution >= 4 is 35.1 Å². The molecule has 102 valence electrons. The molecule has 0 aliphatic carbocycles. The lowest BCUT2D eigenvalue weighted by atomic mass is 9.95. The lowest BCUT2D eigenvalue weighted by Gasteiger charge is -2.10. The van der Waals surface area contributed by atoms with Crippen LogP contribution in [0, 0.1) is 0 Å². The van der Waals surface area contributed by atoms with Crippen molar-refractivity contribution in [2.24, 2.45) is 0 Å². The molecule has 4 nitrogen and oxygen atoms in total. The summed E-state index contributed by atoms with van der Waals surface area (Å²) in [5, 5.41) is 19.0. The van der Waals surface area contributed by atoms with Gasteiger partial charge in [-0.2, -0.15) is 0 Å². The first-order valence-corrected chi connectivity index (χ1v) is 6.22. The van der Waals surface area contributed by atoms with E-state index < -0.39 is 11.9 Å². The standard InChI is InChI=1S/C14H8Cl2O4/c15-7-1-3-9(13(17)18)11(5-7)12-6-8(16)2-4-10(12)14(19)20/h1-6H,(H,17,18)(H,19,20). The second kappa shape index (κ2) is 5.53. The molecule has 2 aromatic rings. The Morgan fingerprint density at radius 3 is 1.40 bits per heavy atom. The molecule has 2 aromatic carbocycles. The number of aromatic carboxylic acids is 2. The molecule has 0 unspecified atom stereocenters. The molecule has 0 heterocycles. The minimum Gasteiger partial charge on any atom is -0.478 e. The van der Waals surface area contributed by atoms with Crippen LogP contribution in [0.2, 0.25) is 10.0 Å². The fourth-order valence-electron chi connectivity index (χ4n) is 1.85. The predicted octanol–water partition coefficient (Wildman–Crippen LogP) is 4.06. The van der Waals surface area contributed by atoms with Gasteiger partial charge in [-0.05, 0) is 47.5 Å². The van der Waals surface area contributed by atoms with Crippen LogP contribution in [-0.2, 0) is 0 Å². The van der Waals surface area contributed by atoms with Crippen LogP contribution in [-0.4, -0.2) is 22.2 Å². The molecule has 0 aliphatic heterocycles. The molecule has 0 bridgehead atoms. The van der Waals surface area contributed by atoms with Gasteiger partial charge in [-0.15, -0.1) is 0 Å². The lowest BCUT2D eigenvalue weighted by Crippen LogP contribution is -2.04. The number of hydrogen-bond donors (Lipinski definition) is 2. The van der Waals surface area contributed by atoms with Crippen molar-refractivity contribution in [2.75, 3.05) is 0 Å². The van der Waals surface area contributed by atoms with Gasteiger partial charge >= 0.3 is 11.9 Å². The summed E-state index contributed by atoms with van der Waals surface area (Å²) in [6, 6.07) is 8.32. The van der Waals surface area contributed by atoms with Crippen LogP contribution in [0.3, 0.4) is 0 Å². The van der Waals surface area contributed by atoms with Crippen LogP contribution in [0.4, 0.5) is 0 Å². The molecular weight excluding hydrogens is 303 g/mol.